The summed E-state index contributed by atoms with van der Waals surface area (Å²) in [6.45, 7) is 2.74. The molecule has 0 saturated heterocycles. The van der Waals surface area contributed by atoms with E-state index in [1.54, 1.807) is 6.07 Å². The molecule has 0 radical (unpaired) electrons. The molecule has 10 heteroatoms. The molecule has 2 aromatic rings. The first-order valence-corrected chi connectivity index (χ1v) is 7.58. The van der Waals surface area contributed by atoms with Gasteiger partial charge in [0.05, 0.1) is 10.8 Å². The molecule has 2 N–H and O–H groups in total. The maximum absolute atomic E-state index is 12.2. The fourth-order valence-corrected chi connectivity index (χ4v) is 2.16. The number of para-hydroxylation sites is 2. The molecule has 136 valence electrons. The zero-order valence-electron chi connectivity index (χ0n) is 14.0. The second-order valence-electron chi connectivity index (χ2n) is 5.61. The van der Waals surface area contributed by atoms with E-state index in [1.807, 2.05) is 0 Å². The second kappa shape index (κ2) is 7.55. The molecule has 0 bridgehead atoms. The summed E-state index contributed by atoms with van der Waals surface area (Å²) in [5, 5.41) is 26.3. The van der Waals surface area contributed by atoms with E-state index in [2.05, 4.69) is 10.4 Å². The van der Waals surface area contributed by atoms with Gasteiger partial charge in [0.25, 0.3) is 11.6 Å². The third kappa shape index (κ3) is 3.91. The molecule has 1 aromatic heterocycles. The monoisotopic (exact) mass is 360 g/mol. The second-order valence-corrected chi connectivity index (χ2v) is 5.61. The number of nitro benzene ring substituents is 1. The van der Waals surface area contributed by atoms with Crippen molar-refractivity contribution in [2.24, 2.45) is 5.92 Å². The van der Waals surface area contributed by atoms with Gasteiger partial charge in [-0.05, 0) is 13.0 Å². The van der Waals surface area contributed by atoms with Gasteiger partial charge in [-0.15, -0.1) is 0 Å². The average molecular weight is 360 g/mol. The topological polar surface area (TPSA) is 144 Å². The molecule has 0 aliphatic heterocycles. The highest BCUT2D eigenvalue weighted by molar-refractivity contribution is 5.92. The van der Waals surface area contributed by atoms with Crippen LogP contribution in [0, 0.1) is 23.0 Å². The van der Waals surface area contributed by atoms with Crippen LogP contribution in [0.1, 0.15) is 23.1 Å². The summed E-state index contributed by atoms with van der Waals surface area (Å²) in [5.41, 5.74) is -0.982. The molecule has 0 aliphatic carbocycles. The van der Waals surface area contributed by atoms with Crippen molar-refractivity contribution in [3.05, 3.63) is 62.1 Å². The Morgan fingerprint density at radius 3 is 2.65 bits per heavy atom. The van der Waals surface area contributed by atoms with E-state index in [4.69, 9.17) is 5.11 Å². The van der Waals surface area contributed by atoms with Gasteiger partial charge in [0, 0.05) is 24.4 Å². The number of benzene rings is 1. The van der Waals surface area contributed by atoms with Crippen molar-refractivity contribution < 1.29 is 19.6 Å². The van der Waals surface area contributed by atoms with Crippen LogP contribution in [0.25, 0.3) is 5.69 Å². The first-order chi connectivity index (χ1) is 12.2. The number of nitrogens with one attached hydrogen (secondary N) is 1. The Morgan fingerprint density at radius 1 is 1.38 bits per heavy atom. The van der Waals surface area contributed by atoms with Crippen LogP contribution in [0.4, 0.5) is 5.69 Å². The molecule has 1 aromatic carbocycles. The van der Waals surface area contributed by atoms with E-state index in [1.165, 1.54) is 32.0 Å². The molecule has 26 heavy (non-hydrogen) atoms. The maximum Gasteiger partial charge on any atom is 0.308 e. The summed E-state index contributed by atoms with van der Waals surface area (Å²) >= 11 is 0. The first-order valence-electron chi connectivity index (χ1n) is 7.58. The molecule has 1 atom stereocenters. The Bertz CT molecular complexity index is 937. The molecule has 1 unspecified atom stereocenters. The van der Waals surface area contributed by atoms with Crippen molar-refractivity contribution in [3.63, 3.8) is 0 Å². The minimum Gasteiger partial charge on any atom is -0.481 e. The van der Waals surface area contributed by atoms with E-state index in [9.17, 15) is 24.5 Å². The highest BCUT2D eigenvalue weighted by Gasteiger charge is 2.21. The number of aryl methyl sites for hydroxylation is 1. The number of nitro groups is 1. The van der Waals surface area contributed by atoms with E-state index < -0.39 is 33.8 Å². The number of aliphatic carboxylic acids is 1. The molecule has 10 nitrogen and oxygen atoms in total. The molecular formula is C16H16N4O6. The quantitative estimate of drug-likeness (QED) is 0.575. The SMILES string of the molecule is Cc1cc(=O)c(C(=O)NCC(C)C(=O)O)nn1-c1ccccc1[N+](=O)[O-]. The number of rotatable bonds is 6. The molecule has 1 amide bonds. The lowest BCUT2D eigenvalue weighted by Gasteiger charge is -2.12. The Balaban J connectivity index is 2.45. The third-order valence-corrected chi connectivity index (χ3v) is 3.62. The minimum absolute atomic E-state index is 0.1000. The lowest BCUT2D eigenvalue weighted by molar-refractivity contribution is -0.384. The van der Waals surface area contributed by atoms with Crippen molar-refractivity contribution in [2.75, 3.05) is 6.54 Å². The fourth-order valence-electron chi connectivity index (χ4n) is 2.16. The smallest absolute Gasteiger partial charge is 0.308 e. The molecular weight excluding hydrogens is 344 g/mol. The Labute approximate surface area is 147 Å². The maximum atomic E-state index is 12.2. The van der Waals surface area contributed by atoms with Crippen LogP contribution in [0.2, 0.25) is 0 Å². The van der Waals surface area contributed by atoms with E-state index in [0.717, 1.165) is 10.7 Å². The normalized spacial score (nSPS) is 11.6. The molecule has 2 rings (SSSR count). The predicted octanol–water partition coefficient (Wildman–Crippen LogP) is 0.900. The number of carboxylic acid groups (broad SMARTS) is 1. The zero-order valence-corrected chi connectivity index (χ0v) is 14.0. The minimum atomic E-state index is -1.10. The molecule has 1 heterocycles. The van der Waals surface area contributed by atoms with Gasteiger partial charge < -0.3 is 10.4 Å². The predicted molar refractivity (Wildman–Crippen MR) is 90.4 cm³/mol. The Kier molecular flexibility index (Phi) is 5.45. The lowest BCUT2D eigenvalue weighted by atomic mass is 10.2. The van der Waals surface area contributed by atoms with Gasteiger partial charge in [-0.1, -0.05) is 19.1 Å². The summed E-state index contributed by atoms with van der Waals surface area (Å²) in [6, 6.07) is 6.91. The largest absolute Gasteiger partial charge is 0.481 e. The summed E-state index contributed by atoms with van der Waals surface area (Å²) in [4.78, 5) is 45.7. The van der Waals surface area contributed by atoms with Crippen LogP contribution in [-0.2, 0) is 4.79 Å². The van der Waals surface area contributed by atoms with Gasteiger partial charge in [-0.3, -0.25) is 24.5 Å². The van der Waals surface area contributed by atoms with Crippen LogP contribution < -0.4 is 10.7 Å². The summed E-state index contributed by atoms with van der Waals surface area (Å²) < 4.78 is 1.13. The first kappa shape index (κ1) is 18.8. The van der Waals surface area contributed by atoms with Crippen LogP contribution in [0.5, 0.6) is 0 Å². The summed E-state index contributed by atoms with van der Waals surface area (Å²) in [6.07, 6.45) is 0. The van der Waals surface area contributed by atoms with Crippen LogP contribution >= 0.6 is 0 Å². The van der Waals surface area contributed by atoms with Crippen LogP contribution in [-0.4, -0.2) is 38.2 Å². The zero-order chi connectivity index (χ0) is 19.4. The number of nitrogens with zero attached hydrogens (tertiary/aromatic N) is 3. The van der Waals surface area contributed by atoms with Crippen molar-refractivity contribution >= 4 is 17.6 Å². The van der Waals surface area contributed by atoms with Crippen molar-refractivity contribution in [1.82, 2.24) is 15.1 Å². The molecule has 0 aliphatic rings. The van der Waals surface area contributed by atoms with Crippen LogP contribution in [0.3, 0.4) is 0 Å². The summed E-state index contributed by atoms with van der Waals surface area (Å²) in [7, 11) is 0. The lowest BCUT2D eigenvalue weighted by Crippen LogP contribution is -2.36. The molecule has 0 fully saturated rings. The molecule has 0 spiro atoms. The highest BCUT2D eigenvalue weighted by Crippen LogP contribution is 2.22. The fraction of sp³-hybridized carbons (Fsp3) is 0.250. The van der Waals surface area contributed by atoms with Gasteiger partial charge in [0.15, 0.2) is 5.69 Å². The van der Waals surface area contributed by atoms with E-state index in [0.29, 0.717) is 5.69 Å². The van der Waals surface area contributed by atoms with E-state index in [-0.39, 0.29) is 17.9 Å². The van der Waals surface area contributed by atoms with Gasteiger partial charge in [-0.25, -0.2) is 4.68 Å². The van der Waals surface area contributed by atoms with Gasteiger partial charge in [0.1, 0.15) is 5.69 Å². The highest BCUT2D eigenvalue weighted by atomic mass is 16.6. The average Bonchev–Trinajstić information content (AvgIpc) is 2.59. The standard InChI is InChI=1S/C16H16N4O6/c1-9(16(23)24)8-17-15(22)14-13(21)7-10(2)19(18-14)11-5-3-4-6-12(11)20(25)26/h3-7,9H,8H2,1-2H3,(H,17,22)(H,23,24). The number of amides is 1. The van der Waals surface area contributed by atoms with Gasteiger partial charge in [-0.2, -0.15) is 5.10 Å². The van der Waals surface area contributed by atoms with Crippen molar-refractivity contribution in [2.45, 2.75) is 13.8 Å². The number of carbonyl (C=O) groups is 2. The van der Waals surface area contributed by atoms with Crippen molar-refractivity contribution in [1.29, 1.82) is 0 Å². The van der Waals surface area contributed by atoms with Gasteiger partial charge >= 0.3 is 5.97 Å². The van der Waals surface area contributed by atoms with E-state index >= 15 is 0 Å². The number of hydrogen-bond donors (Lipinski definition) is 2. The number of aromatic nitrogens is 2. The molecule has 0 saturated carbocycles. The Morgan fingerprint density at radius 2 is 2.04 bits per heavy atom. The number of hydrogen-bond acceptors (Lipinski definition) is 6. The van der Waals surface area contributed by atoms with Gasteiger partial charge in [0.2, 0.25) is 5.43 Å². The third-order valence-electron chi connectivity index (χ3n) is 3.62. The van der Waals surface area contributed by atoms with Crippen LogP contribution in [0.15, 0.2) is 35.1 Å². The number of carbonyl (C=O) groups excluding carboxylic acids is 1. The Hall–Kier alpha value is -3.56. The summed E-state index contributed by atoms with van der Waals surface area (Å²) in [5.74, 6) is -2.79. The van der Waals surface area contributed by atoms with Crippen molar-refractivity contribution in [3.8, 4) is 5.69 Å². The number of carboxylic acids is 1.